The van der Waals surface area contributed by atoms with E-state index >= 15 is 0 Å². The van der Waals surface area contributed by atoms with Crippen LogP contribution in [0.3, 0.4) is 0 Å². The number of nitrogen functional groups attached to an aromatic ring is 1. The minimum absolute atomic E-state index is 0.0459. The van der Waals surface area contributed by atoms with Gasteiger partial charge in [0.05, 0.1) is 39.6 Å². The van der Waals surface area contributed by atoms with E-state index in [9.17, 15) is 25.1 Å². The number of benzene rings is 5. The zero-order chi connectivity index (χ0) is 48.4. The average molecular weight is 930 g/mol. The number of aryl methyl sites for hydroxylation is 1. The van der Waals surface area contributed by atoms with Crippen molar-refractivity contribution in [2.45, 2.75) is 161 Å². The van der Waals surface area contributed by atoms with Gasteiger partial charge in [-0.1, -0.05) is 115 Å². The lowest BCUT2D eigenvalue weighted by Gasteiger charge is -2.29. The number of aromatic hydroxyl groups is 2. The number of nitrogens with zero attached hydrogens (tertiary/aromatic N) is 1. The fourth-order valence-electron chi connectivity index (χ4n) is 11.3. The van der Waals surface area contributed by atoms with Crippen LogP contribution in [-0.4, -0.2) is 21.8 Å². The molecule has 0 unspecified atom stereocenters. The molecule has 9 nitrogen and oxygen atoms in total. The van der Waals surface area contributed by atoms with E-state index in [-0.39, 0.29) is 45.1 Å². The first-order valence-electron chi connectivity index (χ1n) is 26.0. The molecule has 3 aliphatic rings. The summed E-state index contributed by atoms with van der Waals surface area (Å²) in [4.78, 5) is 29.5. The number of carbonyl (C=O) groups excluding carboxylic acids is 2. The van der Waals surface area contributed by atoms with Crippen LogP contribution < -0.4 is 20.5 Å². The number of phenolic OH excluding ortho intramolecular Hbond substituents is 2. The van der Waals surface area contributed by atoms with Crippen molar-refractivity contribution < 1.29 is 29.3 Å². The summed E-state index contributed by atoms with van der Waals surface area (Å²) >= 11 is 0. The van der Waals surface area contributed by atoms with Crippen molar-refractivity contribution in [2.24, 2.45) is 11.8 Å². The van der Waals surface area contributed by atoms with E-state index in [0.717, 1.165) is 37.5 Å². The predicted molar refractivity (Wildman–Crippen MR) is 276 cm³/mol. The quantitative estimate of drug-likeness (QED) is 0.0333. The molecule has 3 aliphatic carbocycles. The minimum atomic E-state index is -0.747. The molecule has 0 heterocycles. The van der Waals surface area contributed by atoms with Gasteiger partial charge in [-0.2, -0.15) is 5.26 Å². The number of nitrogens with one attached hydrogen (secondary N) is 1. The van der Waals surface area contributed by atoms with E-state index in [1.54, 1.807) is 25.1 Å². The van der Waals surface area contributed by atoms with Gasteiger partial charge in [-0.05, 0) is 141 Å². The maximum absolute atomic E-state index is 14.8. The van der Waals surface area contributed by atoms with Crippen LogP contribution >= 0.6 is 0 Å². The van der Waals surface area contributed by atoms with Crippen molar-refractivity contribution in [3.05, 3.63) is 123 Å². The van der Waals surface area contributed by atoms with E-state index in [2.05, 4.69) is 49.5 Å². The lowest BCUT2D eigenvalue weighted by Crippen LogP contribution is -2.24. The number of nitrogens with two attached hydrogens (primary N) is 1. The standard InChI is InChI=1S/C60H71N3O6/c1-4-6-8-10-12-14-39-16-20-41(21-17-39)43-25-30-47(31-26-43)68-51-35-49(62)53-55(57(51)64)60(67)54-50(63-46-29-24-45(37-61)38(3)34-46)36-52(58(65)56(54)59(53)66)69-48-32-27-44(28-33-48)42-22-18-40(19-23-42)15-13-11-9-7-5-2/h24-36,39-42,63-65H,4-23,62H2,1-3H3. The van der Waals surface area contributed by atoms with Crippen LogP contribution in [0.25, 0.3) is 0 Å². The van der Waals surface area contributed by atoms with Crippen molar-refractivity contribution in [3.63, 3.8) is 0 Å². The number of ether oxygens (including phenoxy) is 2. The van der Waals surface area contributed by atoms with Gasteiger partial charge >= 0.3 is 0 Å². The third-order valence-corrected chi connectivity index (χ3v) is 15.4. The number of fused-ring (bicyclic) bond motifs is 2. The van der Waals surface area contributed by atoms with Gasteiger partial charge in [0.2, 0.25) is 11.6 Å². The minimum Gasteiger partial charge on any atom is -0.504 e. The molecular weight excluding hydrogens is 859 g/mol. The van der Waals surface area contributed by atoms with Gasteiger partial charge in [0.25, 0.3) is 0 Å². The molecule has 5 aromatic rings. The summed E-state index contributed by atoms with van der Waals surface area (Å²) in [6.45, 7) is 6.32. The average Bonchev–Trinajstić information content (AvgIpc) is 3.36. The molecule has 69 heavy (non-hydrogen) atoms. The molecule has 0 saturated heterocycles. The van der Waals surface area contributed by atoms with E-state index in [4.69, 9.17) is 15.2 Å². The van der Waals surface area contributed by atoms with Gasteiger partial charge in [0, 0.05) is 23.5 Å². The normalized spacial score (nSPS) is 18.8. The monoisotopic (exact) mass is 930 g/mol. The Labute approximate surface area is 409 Å². The van der Waals surface area contributed by atoms with Crippen molar-refractivity contribution in [1.29, 1.82) is 5.26 Å². The molecule has 0 spiro atoms. The Bertz CT molecular complexity index is 2630. The molecule has 0 atom stereocenters. The lowest BCUT2D eigenvalue weighted by atomic mass is 9.77. The maximum atomic E-state index is 14.8. The van der Waals surface area contributed by atoms with Crippen molar-refractivity contribution in [1.82, 2.24) is 0 Å². The fraction of sp³-hybridized carbons (Fsp3) is 0.450. The van der Waals surface area contributed by atoms with E-state index in [1.807, 2.05) is 24.3 Å². The van der Waals surface area contributed by atoms with Crippen LogP contribution in [0.5, 0.6) is 34.5 Å². The molecule has 5 aromatic carbocycles. The lowest BCUT2D eigenvalue weighted by molar-refractivity contribution is 0.0974. The second-order valence-electron chi connectivity index (χ2n) is 20.2. The second kappa shape index (κ2) is 22.9. The van der Waals surface area contributed by atoms with E-state index in [0.29, 0.717) is 40.1 Å². The number of ketones is 2. The van der Waals surface area contributed by atoms with Crippen LogP contribution in [-0.2, 0) is 0 Å². The molecule has 0 bridgehead atoms. The van der Waals surface area contributed by atoms with E-state index < -0.39 is 23.1 Å². The Balaban J connectivity index is 1.01. The van der Waals surface area contributed by atoms with Gasteiger partial charge in [-0.25, -0.2) is 0 Å². The number of rotatable bonds is 20. The molecular formula is C60H71N3O6. The number of phenols is 2. The van der Waals surface area contributed by atoms with Gasteiger partial charge in [0.1, 0.15) is 11.5 Å². The number of hydrogen-bond acceptors (Lipinski definition) is 9. The largest absolute Gasteiger partial charge is 0.504 e. The van der Waals surface area contributed by atoms with Crippen LogP contribution in [0.4, 0.5) is 17.1 Å². The molecule has 8 rings (SSSR count). The molecule has 5 N–H and O–H groups in total. The zero-order valence-corrected chi connectivity index (χ0v) is 41.0. The second-order valence-corrected chi connectivity index (χ2v) is 20.2. The molecule has 2 saturated carbocycles. The van der Waals surface area contributed by atoms with E-state index in [1.165, 1.54) is 126 Å². The highest BCUT2D eigenvalue weighted by atomic mass is 16.5. The van der Waals surface area contributed by atoms with Gasteiger partial charge in [0.15, 0.2) is 23.0 Å². The highest BCUT2D eigenvalue weighted by Crippen LogP contribution is 2.50. The summed E-state index contributed by atoms with van der Waals surface area (Å²) in [5.74, 6) is 0.835. The first kappa shape index (κ1) is 49.2. The highest BCUT2D eigenvalue weighted by Gasteiger charge is 2.41. The van der Waals surface area contributed by atoms with Crippen molar-refractivity contribution >= 4 is 28.6 Å². The molecule has 0 amide bonds. The molecule has 362 valence electrons. The van der Waals surface area contributed by atoms with Crippen LogP contribution in [0.15, 0.2) is 78.9 Å². The van der Waals surface area contributed by atoms with Crippen LogP contribution in [0, 0.1) is 30.1 Å². The fourth-order valence-corrected chi connectivity index (χ4v) is 11.3. The Morgan fingerprint density at radius 1 is 0.594 bits per heavy atom. The number of unbranched alkanes of at least 4 members (excludes halogenated alkanes) is 8. The zero-order valence-electron chi connectivity index (χ0n) is 41.0. The number of hydrogen-bond donors (Lipinski definition) is 4. The van der Waals surface area contributed by atoms with Gasteiger partial charge < -0.3 is 30.7 Å². The van der Waals surface area contributed by atoms with Gasteiger partial charge in [-0.3, -0.25) is 9.59 Å². The molecule has 0 aliphatic heterocycles. The third-order valence-electron chi connectivity index (χ3n) is 15.4. The molecule has 2 fully saturated rings. The van der Waals surface area contributed by atoms with Crippen LogP contribution in [0.1, 0.15) is 208 Å². The summed E-state index contributed by atoms with van der Waals surface area (Å²) in [6, 6.07) is 25.9. The molecule has 0 radical (unpaired) electrons. The first-order chi connectivity index (χ1) is 33.6. The smallest absolute Gasteiger partial charge is 0.200 e. The Morgan fingerprint density at radius 3 is 1.54 bits per heavy atom. The predicted octanol–water partition coefficient (Wildman–Crippen LogP) is 16.2. The van der Waals surface area contributed by atoms with Crippen molar-refractivity contribution in [3.8, 4) is 40.6 Å². The summed E-state index contributed by atoms with van der Waals surface area (Å²) < 4.78 is 12.5. The SMILES string of the molecule is CCCCCCCC1CCC(c2ccc(Oc3cc(N)c4c(c3O)C(=O)c3c(Nc5ccc(C#N)c(C)c5)cc(Oc5ccc(C6CCC(CCCCCCC)CC6)cc5)c(O)c3C4=O)cc2)CC1. The molecule has 9 heteroatoms. The van der Waals surface area contributed by atoms with Crippen molar-refractivity contribution in [2.75, 3.05) is 11.1 Å². The number of carbonyl (C=O) groups is 2. The van der Waals surface area contributed by atoms with Gasteiger partial charge in [-0.15, -0.1) is 0 Å². The maximum Gasteiger partial charge on any atom is 0.200 e. The molecule has 0 aromatic heterocycles. The van der Waals surface area contributed by atoms with Crippen LogP contribution in [0.2, 0.25) is 0 Å². The topological polar surface area (TPSA) is 155 Å². The summed E-state index contributed by atoms with van der Waals surface area (Å²) in [6.07, 6.45) is 25.5. The summed E-state index contributed by atoms with van der Waals surface area (Å²) in [7, 11) is 0. The third kappa shape index (κ3) is 11.4. The summed E-state index contributed by atoms with van der Waals surface area (Å²) in [5, 5.41) is 36.6. The Hall–Kier alpha value is -6.27. The Kier molecular flexibility index (Phi) is 16.3. The number of nitriles is 1. The summed E-state index contributed by atoms with van der Waals surface area (Å²) in [5.41, 5.74) is 9.87. The first-order valence-corrected chi connectivity index (χ1v) is 26.0. The number of anilines is 3. The Morgan fingerprint density at radius 2 is 1.06 bits per heavy atom. The highest BCUT2D eigenvalue weighted by molar-refractivity contribution is 6.34.